The second-order valence-corrected chi connectivity index (χ2v) is 4.30. The van der Waals surface area contributed by atoms with Gasteiger partial charge < -0.3 is 14.3 Å². The van der Waals surface area contributed by atoms with Crippen molar-refractivity contribution >= 4 is 17.6 Å². The molecule has 100 valence electrons. The number of hydrogen-bond acceptors (Lipinski definition) is 3. The first-order valence-corrected chi connectivity index (χ1v) is 5.75. The number of carbonyl (C=O) groups is 1. The van der Waals surface area contributed by atoms with Crippen molar-refractivity contribution < 1.29 is 23.4 Å². The lowest BCUT2D eigenvalue weighted by atomic mass is 10.3. The molecular weight excluding hydrogens is 275 g/mol. The lowest BCUT2D eigenvalue weighted by molar-refractivity contribution is 0.0657. The van der Waals surface area contributed by atoms with Gasteiger partial charge in [-0.2, -0.15) is 0 Å². The number of aryl methyl sites for hydroxylation is 1. The molecule has 0 aliphatic heterocycles. The third-order valence-corrected chi connectivity index (χ3v) is 2.72. The summed E-state index contributed by atoms with van der Waals surface area (Å²) >= 11 is 5.61. The van der Waals surface area contributed by atoms with Crippen molar-refractivity contribution in [3.63, 3.8) is 0 Å². The molecular formula is C13H10ClFO4. The number of furan rings is 1. The number of aromatic carboxylic acids is 1. The first-order valence-electron chi connectivity index (χ1n) is 5.38. The topological polar surface area (TPSA) is 59.7 Å². The quantitative estimate of drug-likeness (QED) is 0.931. The van der Waals surface area contributed by atoms with E-state index >= 15 is 0 Å². The Morgan fingerprint density at radius 2 is 2.21 bits per heavy atom. The standard InChI is InChI=1S/C13H10ClFO4/c1-7-4-9(19-12(7)13(16)17)6-18-8-2-3-11(15)10(14)5-8/h2-5H,6H2,1H3,(H,16,17). The molecule has 0 unspecified atom stereocenters. The molecule has 1 aromatic carbocycles. The van der Waals surface area contributed by atoms with Crippen LogP contribution in [0.3, 0.4) is 0 Å². The SMILES string of the molecule is Cc1cc(COc2ccc(F)c(Cl)c2)oc1C(=O)O. The lowest BCUT2D eigenvalue weighted by Crippen LogP contribution is -1.96. The van der Waals surface area contributed by atoms with Gasteiger partial charge in [0.1, 0.15) is 23.9 Å². The highest BCUT2D eigenvalue weighted by molar-refractivity contribution is 6.30. The Morgan fingerprint density at radius 3 is 2.79 bits per heavy atom. The van der Waals surface area contributed by atoms with Gasteiger partial charge in [0.05, 0.1) is 5.02 Å². The molecule has 19 heavy (non-hydrogen) atoms. The Kier molecular flexibility index (Phi) is 3.76. The zero-order chi connectivity index (χ0) is 14.0. The van der Waals surface area contributed by atoms with Crippen molar-refractivity contribution in [3.8, 4) is 5.75 Å². The van der Waals surface area contributed by atoms with Gasteiger partial charge in [-0.1, -0.05) is 11.6 Å². The summed E-state index contributed by atoms with van der Waals surface area (Å²) in [6, 6.07) is 5.53. The maximum Gasteiger partial charge on any atom is 0.372 e. The van der Waals surface area contributed by atoms with Gasteiger partial charge in [-0.3, -0.25) is 0 Å². The summed E-state index contributed by atoms with van der Waals surface area (Å²) in [6.45, 7) is 1.67. The van der Waals surface area contributed by atoms with Crippen molar-refractivity contribution in [3.05, 3.63) is 52.2 Å². The summed E-state index contributed by atoms with van der Waals surface area (Å²) in [6.07, 6.45) is 0. The van der Waals surface area contributed by atoms with E-state index in [1.807, 2.05) is 0 Å². The molecule has 2 aromatic rings. The molecule has 0 saturated heterocycles. The Balaban J connectivity index is 2.08. The zero-order valence-corrected chi connectivity index (χ0v) is 10.7. The smallest absolute Gasteiger partial charge is 0.372 e. The summed E-state index contributed by atoms with van der Waals surface area (Å²) in [5, 5.41) is 8.80. The monoisotopic (exact) mass is 284 g/mol. The Hall–Kier alpha value is -2.01. The molecule has 0 saturated carbocycles. The van der Waals surface area contributed by atoms with Crippen LogP contribution in [0.5, 0.6) is 5.75 Å². The van der Waals surface area contributed by atoms with Gasteiger partial charge in [0.25, 0.3) is 0 Å². The lowest BCUT2D eigenvalue weighted by Gasteiger charge is -2.04. The third kappa shape index (κ3) is 3.06. The average Bonchev–Trinajstić information content (AvgIpc) is 2.72. The first-order chi connectivity index (χ1) is 8.97. The Labute approximate surface area is 113 Å². The van der Waals surface area contributed by atoms with Crippen LogP contribution in [0.4, 0.5) is 4.39 Å². The number of ether oxygens (including phenoxy) is 1. The highest BCUT2D eigenvalue weighted by Gasteiger charge is 2.14. The van der Waals surface area contributed by atoms with E-state index in [9.17, 15) is 9.18 Å². The predicted molar refractivity (Wildman–Crippen MR) is 66.1 cm³/mol. The Morgan fingerprint density at radius 1 is 1.47 bits per heavy atom. The minimum Gasteiger partial charge on any atom is -0.486 e. The number of halogens is 2. The summed E-state index contributed by atoms with van der Waals surface area (Å²) in [5.41, 5.74) is 0.517. The van der Waals surface area contributed by atoms with Gasteiger partial charge in [-0.05, 0) is 25.1 Å². The van der Waals surface area contributed by atoms with Gasteiger partial charge in [0.2, 0.25) is 5.76 Å². The highest BCUT2D eigenvalue weighted by Crippen LogP contribution is 2.22. The van der Waals surface area contributed by atoms with Crippen molar-refractivity contribution in [1.29, 1.82) is 0 Å². The second kappa shape index (κ2) is 5.32. The summed E-state index contributed by atoms with van der Waals surface area (Å²) in [5.74, 6) is -1.03. The molecule has 0 atom stereocenters. The van der Waals surface area contributed by atoms with Crippen LogP contribution in [-0.4, -0.2) is 11.1 Å². The predicted octanol–water partition coefficient (Wildman–Crippen LogP) is 3.66. The van der Waals surface area contributed by atoms with Crippen LogP contribution < -0.4 is 4.74 Å². The number of carboxylic acid groups (broad SMARTS) is 1. The molecule has 0 radical (unpaired) electrons. The molecule has 0 amide bonds. The molecule has 4 nitrogen and oxygen atoms in total. The fraction of sp³-hybridized carbons (Fsp3) is 0.154. The number of carboxylic acids is 1. The average molecular weight is 285 g/mol. The normalized spacial score (nSPS) is 10.5. The van der Waals surface area contributed by atoms with Crippen LogP contribution in [0, 0.1) is 12.7 Å². The third-order valence-electron chi connectivity index (χ3n) is 2.44. The minimum atomic E-state index is -1.13. The fourth-order valence-electron chi connectivity index (χ4n) is 1.55. The number of hydrogen-bond donors (Lipinski definition) is 1. The van der Waals surface area contributed by atoms with E-state index < -0.39 is 11.8 Å². The number of rotatable bonds is 4. The summed E-state index contributed by atoms with van der Waals surface area (Å²) in [7, 11) is 0. The van der Waals surface area contributed by atoms with E-state index in [0.717, 1.165) is 0 Å². The van der Waals surface area contributed by atoms with Crippen molar-refractivity contribution in [2.75, 3.05) is 0 Å². The first kappa shape index (κ1) is 13.4. The molecule has 1 aromatic heterocycles. The largest absolute Gasteiger partial charge is 0.486 e. The maximum absolute atomic E-state index is 12.9. The van der Waals surface area contributed by atoms with Crippen LogP contribution in [0.2, 0.25) is 5.02 Å². The molecule has 2 rings (SSSR count). The second-order valence-electron chi connectivity index (χ2n) is 3.89. The van der Waals surface area contributed by atoms with Crippen LogP contribution in [0.15, 0.2) is 28.7 Å². The molecule has 1 N–H and O–H groups in total. The molecule has 0 aliphatic rings. The molecule has 0 aliphatic carbocycles. The van der Waals surface area contributed by atoms with Crippen LogP contribution >= 0.6 is 11.6 Å². The van der Waals surface area contributed by atoms with Crippen molar-refractivity contribution in [2.24, 2.45) is 0 Å². The van der Waals surface area contributed by atoms with Crippen LogP contribution in [0.25, 0.3) is 0 Å². The maximum atomic E-state index is 12.9. The molecule has 6 heteroatoms. The van der Waals surface area contributed by atoms with Crippen molar-refractivity contribution in [2.45, 2.75) is 13.5 Å². The van der Waals surface area contributed by atoms with Gasteiger partial charge >= 0.3 is 5.97 Å². The van der Waals surface area contributed by atoms with E-state index in [1.54, 1.807) is 13.0 Å². The minimum absolute atomic E-state index is 0.0378. The number of benzene rings is 1. The molecule has 0 spiro atoms. The summed E-state index contributed by atoms with van der Waals surface area (Å²) < 4.78 is 23.4. The van der Waals surface area contributed by atoms with E-state index in [2.05, 4.69) is 0 Å². The Bertz CT molecular complexity index is 621. The highest BCUT2D eigenvalue weighted by atomic mass is 35.5. The molecule has 0 bridgehead atoms. The van der Waals surface area contributed by atoms with E-state index in [4.69, 9.17) is 25.9 Å². The molecule has 0 fully saturated rings. The van der Waals surface area contributed by atoms with Crippen molar-refractivity contribution in [1.82, 2.24) is 0 Å². The van der Waals surface area contributed by atoms with Crippen LogP contribution in [-0.2, 0) is 6.61 Å². The van der Waals surface area contributed by atoms with Gasteiger partial charge in [-0.15, -0.1) is 0 Å². The van der Waals surface area contributed by atoms with E-state index in [1.165, 1.54) is 18.2 Å². The van der Waals surface area contributed by atoms with Crippen LogP contribution in [0.1, 0.15) is 21.9 Å². The van der Waals surface area contributed by atoms with Gasteiger partial charge in [-0.25, -0.2) is 9.18 Å². The van der Waals surface area contributed by atoms with E-state index in [-0.39, 0.29) is 17.4 Å². The summed E-state index contributed by atoms with van der Waals surface area (Å²) in [4.78, 5) is 10.8. The van der Waals surface area contributed by atoms with Gasteiger partial charge in [0, 0.05) is 11.6 Å². The fourth-order valence-corrected chi connectivity index (χ4v) is 1.72. The molecule has 1 heterocycles. The van der Waals surface area contributed by atoms with E-state index in [0.29, 0.717) is 17.1 Å². The zero-order valence-electron chi connectivity index (χ0n) is 9.94. The van der Waals surface area contributed by atoms with Gasteiger partial charge in [0.15, 0.2) is 0 Å².